The fourth-order valence-corrected chi connectivity index (χ4v) is 3.09. The van der Waals surface area contributed by atoms with E-state index in [-0.39, 0.29) is 11.9 Å². The molecule has 2 nitrogen and oxygen atoms in total. The van der Waals surface area contributed by atoms with E-state index in [1.165, 1.54) is 17.2 Å². The summed E-state index contributed by atoms with van der Waals surface area (Å²) in [6, 6.07) is 15.4. The second-order valence-corrected chi connectivity index (χ2v) is 6.10. The van der Waals surface area contributed by atoms with E-state index in [1.54, 1.807) is 23.9 Å². The van der Waals surface area contributed by atoms with Crippen molar-refractivity contribution in [3.63, 3.8) is 0 Å². The van der Waals surface area contributed by atoms with E-state index in [0.717, 1.165) is 23.5 Å². The Balaban J connectivity index is 1.90. The van der Waals surface area contributed by atoms with Crippen LogP contribution in [0.3, 0.4) is 0 Å². The molecule has 112 valence electrons. The molecule has 0 saturated carbocycles. The molecular weight excluding hydrogens is 283 g/mol. The topological polar surface area (TPSA) is 38.0 Å². The van der Waals surface area contributed by atoms with Gasteiger partial charge >= 0.3 is 0 Å². The van der Waals surface area contributed by atoms with Gasteiger partial charge in [0.15, 0.2) is 0 Å². The molecule has 0 amide bonds. The summed E-state index contributed by atoms with van der Waals surface area (Å²) in [5.74, 6) is 6.23. The van der Waals surface area contributed by atoms with Crippen molar-refractivity contribution in [2.24, 2.45) is 5.84 Å². The first-order valence-corrected chi connectivity index (χ1v) is 8.12. The number of nitrogens with one attached hydrogen (secondary N) is 1. The predicted octanol–water partition coefficient (Wildman–Crippen LogP) is 3.55. The minimum atomic E-state index is -0.201. The van der Waals surface area contributed by atoms with Gasteiger partial charge < -0.3 is 0 Å². The van der Waals surface area contributed by atoms with Crippen LogP contribution in [0, 0.1) is 5.82 Å². The van der Waals surface area contributed by atoms with Crippen LogP contribution < -0.4 is 11.3 Å². The molecule has 21 heavy (non-hydrogen) atoms. The molecule has 0 fully saturated rings. The fourth-order valence-electron chi connectivity index (χ4n) is 2.12. The Hall–Kier alpha value is -1.36. The van der Waals surface area contributed by atoms with Crippen molar-refractivity contribution >= 4 is 11.8 Å². The van der Waals surface area contributed by atoms with E-state index in [0.29, 0.717) is 0 Å². The van der Waals surface area contributed by atoms with Crippen LogP contribution in [0.4, 0.5) is 4.39 Å². The van der Waals surface area contributed by atoms with Gasteiger partial charge in [0, 0.05) is 16.7 Å². The molecule has 0 aliphatic carbocycles. The minimum Gasteiger partial charge on any atom is -0.271 e. The summed E-state index contributed by atoms with van der Waals surface area (Å²) in [7, 11) is 0. The predicted molar refractivity (Wildman–Crippen MR) is 87.8 cm³/mol. The maximum atomic E-state index is 13.1. The van der Waals surface area contributed by atoms with E-state index in [4.69, 9.17) is 5.84 Å². The molecule has 0 radical (unpaired) electrons. The van der Waals surface area contributed by atoms with Crippen LogP contribution in [-0.4, -0.2) is 11.8 Å². The van der Waals surface area contributed by atoms with Crippen LogP contribution in [0.1, 0.15) is 18.1 Å². The van der Waals surface area contributed by atoms with Crippen LogP contribution in [0.25, 0.3) is 0 Å². The molecule has 0 heterocycles. The van der Waals surface area contributed by atoms with Crippen LogP contribution >= 0.6 is 11.8 Å². The molecule has 0 aliphatic rings. The zero-order valence-corrected chi connectivity index (χ0v) is 13.0. The first kappa shape index (κ1) is 16.0. The summed E-state index contributed by atoms with van der Waals surface area (Å²) in [5, 5.41) is 0. The van der Waals surface area contributed by atoms with Gasteiger partial charge in [-0.05, 0) is 42.2 Å². The Kier molecular flexibility index (Phi) is 6.23. The first-order valence-electron chi connectivity index (χ1n) is 7.13. The molecule has 3 N–H and O–H groups in total. The van der Waals surface area contributed by atoms with Gasteiger partial charge in [0.2, 0.25) is 0 Å². The number of rotatable bonds is 7. The van der Waals surface area contributed by atoms with E-state index in [2.05, 4.69) is 36.6 Å². The minimum absolute atomic E-state index is 0.158. The fraction of sp³-hybridized carbons (Fsp3) is 0.294. The quantitative estimate of drug-likeness (QED) is 0.467. The number of thioether (sulfide) groups is 1. The van der Waals surface area contributed by atoms with Crippen molar-refractivity contribution in [3.8, 4) is 0 Å². The average molecular weight is 304 g/mol. The maximum Gasteiger partial charge on any atom is 0.124 e. The second-order valence-electron chi connectivity index (χ2n) is 5.01. The summed E-state index contributed by atoms with van der Waals surface area (Å²) in [6.45, 7) is 2.15. The SMILES string of the molecule is CCc1ccc(CC(CSc2cccc(F)c2)NN)cc1. The van der Waals surface area contributed by atoms with Crippen LogP contribution in [0.15, 0.2) is 53.4 Å². The Labute approximate surface area is 129 Å². The summed E-state index contributed by atoms with van der Waals surface area (Å²) in [6.07, 6.45) is 1.91. The van der Waals surface area contributed by atoms with Crippen molar-refractivity contribution in [2.45, 2.75) is 30.7 Å². The zero-order chi connectivity index (χ0) is 15.1. The van der Waals surface area contributed by atoms with Crippen molar-refractivity contribution < 1.29 is 4.39 Å². The summed E-state index contributed by atoms with van der Waals surface area (Å²) in [4.78, 5) is 0.927. The van der Waals surface area contributed by atoms with Gasteiger partial charge in [-0.1, -0.05) is 37.3 Å². The normalized spacial score (nSPS) is 12.3. The number of hydrogen-bond donors (Lipinski definition) is 2. The van der Waals surface area contributed by atoms with Crippen LogP contribution in [0.5, 0.6) is 0 Å². The molecule has 0 bridgehead atoms. The molecule has 2 rings (SSSR count). The molecule has 2 aromatic carbocycles. The molecule has 0 aliphatic heterocycles. The van der Waals surface area contributed by atoms with Gasteiger partial charge in [0.1, 0.15) is 5.82 Å². The van der Waals surface area contributed by atoms with Gasteiger partial charge in [-0.25, -0.2) is 4.39 Å². The number of nitrogens with two attached hydrogens (primary N) is 1. The van der Waals surface area contributed by atoms with E-state index < -0.39 is 0 Å². The van der Waals surface area contributed by atoms with Gasteiger partial charge in [-0.3, -0.25) is 11.3 Å². The molecule has 4 heteroatoms. The number of aryl methyl sites for hydroxylation is 1. The second kappa shape index (κ2) is 8.17. The molecule has 0 saturated heterocycles. The monoisotopic (exact) mass is 304 g/mol. The highest BCUT2D eigenvalue weighted by Gasteiger charge is 2.09. The summed E-state index contributed by atoms with van der Waals surface area (Å²) in [5.41, 5.74) is 5.45. The maximum absolute atomic E-state index is 13.1. The highest BCUT2D eigenvalue weighted by atomic mass is 32.2. The van der Waals surface area contributed by atoms with E-state index >= 15 is 0 Å². The summed E-state index contributed by atoms with van der Waals surface area (Å²) < 4.78 is 13.1. The third kappa shape index (κ3) is 5.16. The number of benzene rings is 2. The highest BCUT2D eigenvalue weighted by molar-refractivity contribution is 7.99. The third-order valence-corrected chi connectivity index (χ3v) is 4.55. The Morgan fingerprint density at radius 2 is 1.86 bits per heavy atom. The van der Waals surface area contributed by atoms with Crippen LogP contribution in [0.2, 0.25) is 0 Å². The van der Waals surface area contributed by atoms with Crippen molar-refractivity contribution in [1.82, 2.24) is 5.43 Å². The van der Waals surface area contributed by atoms with Crippen molar-refractivity contribution in [1.29, 1.82) is 0 Å². The Bertz CT molecular complexity index is 557. The van der Waals surface area contributed by atoms with Gasteiger partial charge in [0.05, 0.1) is 0 Å². The molecular formula is C17H21FN2S. The zero-order valence-electron chi connectivity index (χ0n) is 12.2. The molecule has 1 atom stereocenters. The molecule has 0 aromatic heterocycles. The standard InChI is InChI=1S/C17H21FN2S/c1-2-13-6-8-14(9-7-13)10-16(20-19)12-21-17-5-3-4-15(18)11-17/h3-9,11,16,20H,2,10,12,19H2,1H3. The average Bonchev–Trinajstić information content (AvgIpc) is 2.52. The lowest BCUT2D eigenvalue weighted by Crippen LogP contribution is -2.38. The molecule has 0 spiro atoms. The Morgan fingerprint density at radius 1 is 1.14 bits per heavy atom. The smallest absolute Gasteiger partial charge is 0.124 e. The van der Waals surface area contributed by atoms with Gasteiger partial charge in [-0.15, -0.1) is 11.8 Å². The lowest BCUT2D eigenvalue weighted by atomic mass is 10.0. The third-order valence-electron chi connectivity index (χ3n) is 3.40. The Morgan fingerprint density at radius 3 is 2.48 bits per heavy atom. The number of hydrazine groups is 1. The number of halogens is 1. The van der Waals surface area contributed by atoms with Gasteiger partial charge in [-0.2, -0.15) is 0 Å². The lowest BCUT2D eigenvalue weighted by Gasteiger charge is -2.16. The van der Waals surface area contributed by atoms with Crippen LogP contribution in [-0.2, 0) is 12.8 Å². The number of hydrogen-bond acceptors (Lipinski definition) is 3. The van der Waals surface area contributed by atoms with Crippen molar-refractivity contribution in [2.75, 3.05) is 5.75 Å². The molecule has 2 aromatic rings. The van der Waals surface area contributed by atoms with E-state index in [1.807, 2.05) is 6.07 Å². The highest BCUT2D eigenvalue weighted by Crippen LogP contribution is 2.20. The summed E-state index contributed by atoms with van der Waals surface area (Å²) >= 11 is 1.61. The van der Waals surface area contributed by atoms with Gasteiger partial charge in [0.25, 0.3) is 0 Å². The largest absolute Gasteiger partial charge is 0.271 e. The van der Waals surface area contributed by atoms with Crippen molar-refractivity contribution in [3.05, 3.63) is 65.5 Å². The van der Waals surface area contributed by atoms with E-state index in [9.17, 15) is 4.39 Å². The lowest BCUT2D eigenvalue weighted by molar-refractivity contribution is 0.575. The first-order chi connectivity index (χ1) is 10.2. The molecule has 1 unspecified atom stereocenters.